The minimum Gasteiger partial charge on any atom is -0.494 e. The summed E-state index contributed by atoms with van der Waals surface area (Å²) in [5, 5.41) is 0. The first-order chi connectivity index (χ1) is 9.67. The highest BCUT2D eigenvalue weighted by Crippen LogP contribution is 2.20. The van der Waals surface area contributed by atoms with Gasteiger partial charge in [0.25, 0.3) is 0 Å². The van der Waals surface area contributed by atoms with Crippen LogP contribution in [-0.4, -0.2) is 31.2 Å². The lowest BCUT2D eigenvalue weighted by molar-refractivity contribution is -0.140. The van der Waals surface area contributed by atoms with Crippen LogP contribution in [0.15, 0.2) is 24.3 Å². The van der Waals surface area contributed by atoms with Gasteiger partial charge in [0.1, 0.15) is 5.75 Å². The maximum atomic E-state index is 11.0. The molecule has 2 N–H and O–H groups in total. The second-order valence-electron chi connectivity index (χ2n) is 4.43. The smallest absolute Gasteiger partial charge is 0.306 e. The van der Waals surface area contributed by atoms with Crippen LogP contribution >= 0.6 is 11.8 Å². The molecule has 0 bridgehead atoms. The molecule has 5 heteroatoms. The Balaban J connectivity index is 2.32. The van der Waals surface area contributed by atoms with E-state index in [-0.39, 0.29) is 12.0 Å². The number of nitrogens with two attached hydrogens (primary N) is 1. The maximum absolute atomic E-state index is 11.0. The lowest BCUT2D eigenvalue weighted by Crippen LogP contribution is -2.13. The van der Waals surface area contributed by atoms with Crippen LogP contribution in [0.2, 0.25) is 0 Å². The van der Waals surface area contributed by atoms with Crippen molar-refractivity contribution in [1.82, 2.24) is 0 Å². The van der Waals surface area contributed by atoms with Crippen molar-refractivity contribution in [2.24, 2.45) is 5.73 Å². The van der Waals surface area contributed by atoms with E-state index < -0.39 is 0 Å². The summed E-state index contributed by atoms with van der Waals surface area (Å²) in [4.78, 5) is 11.0. The lowest BCUT2D eigenvalue weighted by atomic mass is 10.1. The fourth-order valence-corrected chi connectivity index (χ4v) is 2.52. The molecule has 0 radical (unpaired) electrons. The van der Waals surface area contributed by atoms with Crippen LogP contribution in [0.1, 0.15) is 31.4 Å². The summed E-state index contributed by atoms with van der Waals surface area (Å²) in [6, 6.07) is 7.86. The standard InChI is InChI=1S/C15H23NO3S/c1-3-9-19-13-6-4-12(5-7-13)14(16)11-20-10-8-15(17)18-2/h4-7,14H,3,8-11,16H2,1-2H3. The molecule has 1 rings (SSSR count). The number of rotatable bonds is 9. The van der Waals surface area contributed by atoms with E-state index in [9.17, 15) is 4.79 Å². The molecule has 0 aliphatic heterocycles. The van der Waals surface area contributed by atoms with Crippen molar-refractivity contribution in [3.8, 4) is 5.75 Å². The quantitative estimate of drug-likeness (QED) is 0.561. The van der Waals surface area contributed by atoms with Crippen molar-refractivity contribution in [3.05, 3.63) is 29.8 Å². The van der Waals surface area contributed by atoms with Crippen LogP contribution < -0.4 is 10.5 Å². The highest BCUT2D eigenvalue weighted by molar-refractivity contribution is 7.99. The van der Waals surface area contributed by atoms with Crippen molar-refractivity contribution in [1.29, 1.82) is 0 Å². The van der Waals surface area contributed by atoms with E-state index in [2.05, 4.69) is 11.7 Å². The summed E-state index contributed by atoms with van der Waals surface area (Å²) in [6.45, 7) is 2.81. The molecule has 20 heavy (non-hydrogen) atoms. The molecule has 1 unspecified atom stereocenters. The molecule has 112 valence electrons. The number of hydrogen-bond donors (Lipinski definition) is 1. The van der Waals surface area contributed by atoms with Gasteiger partial charge in [-0.15, -0.1) is 0 Å². The average Bonchev–Trinajstić information content (AvgIpc) is 2.49. The monoisotopic (exact) mass is 297 g/mol. The highest BCUT2D eigenvalue weighted by atomic mass is 32.2. The van der Waals surface area contributed by atoms with Crippen molar-refractivity contribution in [2.75, 3.05) is 25.2 Å². The van der Waals surface area contributed by atoms with E-state index in [0.29, 0.717) is 6.42 Å². The summed E-state index contributed by atoms with van der Waals surface area (Å²) in [5.41, 5.74) is 7.20. The first-order valence-electron chi connectivity index (χ1n) is 6.80. The Morgan fingerprint density at radius 2 is 2.05 bits per heavy atom. The van der Waals surface area contributed by atoms with Gasteiger partial charge in [0.2, 0.25) is 0 Å². The van der Waals surface area contributed by atoms with Gasteiger partial charge in [0.15, 0.2) is 0 Å². The largest absolute Gasteiger partial charge is 0.494 e. The Morgan fingerprint density at radius 1 is 1.35 bits per heavy atom. The molecule has 0 heterocycles. The molecular weight excluding hydrogens is 274 g/mol. The highest BCUT2D eigenvalue weighted by Gasteiger charge is 2.07. The summed E-state index contributed by atoms with van der Waals surface area (Å²) in [6.07, 6.45) is 1.43. The average molecular weight is 297 g/mol. The third kappa shape index (κ3) is 6.30. The second-order valence-corrected chi connectivity index (χ2v) is 5.57. The zero-order chi connectivity index (χ0) is 14.8. The van der Waals surface area contributed by atoms with Crippen molar-refractivity contribution >= 4 is 17.7 Å². The molecule has 0 fully saturated rings. The maximum Gasteiger partial charge on any atom is 0.306 e. The molecule has 0 saturated heterocycles. The number of hydrogen-bond acceptors (Lipinski definition) is 5. The normalized spacial score (nSPS) is 11.9. The molecular formula is C15H23NO3S. The number of carbonyl (C=O) groups excluding carboxylic acids is 1. The van der Waals surface area contributed by atoms with Crippen LogP contribution in [0, 0.1) is 0 Å². The van der Waals surface area contributed by atoms with E-state index in [0.717, 1.165) is 35.8 Å². The number of ether oxygens (including phenoxy) is 2. The number of thioether (sulfide) groups is 1. The summed E-state index contributed by atoms with van der Waals surface area (Å²) in [7, 11) is 1.40. The van der Waals surface area contributed by atoms with Gasteiger partial charge in [-0.05, 0) is 24.1 Å². The Kier molecular flexibility index (Phi) is 8.14. The van der Waals surface area contributed by atoms with Crippen molar-refractivity contribution < 1.29 is 14.3 Å². The summed E-state index contributed by atoms with van der Waals surface area (Å²) >= 11 is 1.66. The molecule has 1 atom stereocenters. The Morgan fingerprint density at radius 3 is 2.65 bits per heavy atom. The molecule has 0 amide bonds. The molecule has 1 aromatic rings. The number of esters is 1. The fourth-order valence-electron chi connectivity index (χ4n) is 1.60. The van der Waals surface area contributed by atoms with E-state index in [4.69, 9.17) is 10.5 Å². The molecule has 4 nitrogen and oxygen atoms in total. The van der Waals surface area contributed by atoms with Crippen LogP contribution in [-0.2, 0) is 9.53 Å². The van der Waals surface area contributed by atoms with Crippen LogP contribution in [0.5, 0.6) is 5.75 Å². The minimum absolute atomic E-state index is 0.0297. The second kappa shape index (κ2) is 9.66. The van der Waals surface area contributed by atoms with E-state index in [1.807, 2.05) is 24.3 Å². The molecule has 0 aliphatic carbocycles. The van der Waals surface area contributed by atoms with Gasteiger partial charge in [-0.1, -0.05) is 19.1 Å². The molecule has 0 aromatic heterocycles. The van der Waals surface area contributed by atoms with E-state index in [1.165, 1.54) is 7.11 Å². The first-order valence-corrected chi connectivity index (χ1v) is 7.95. The van der Waals surface area contributed by atoms with Gasteiger partial charge >= 0.3 is 5.97 Å². The van der Waals surface area contributed by atoms with E-state index >= 15 is 0 Å². The van der Waals surface area contributed by atoms with Gasteiger partial charge < -0.3 is 15.2 Å². The first kappa shape index (κ1) is 16.9. The predicted molar refractivity (Wildman–Crippen MR) is 83.1 cm³/mol. The minimum atomic E-state index is -0.177. The Labute approximate surface area is 125 Å². The van der Waals surface area contributed by atoms with Crippen LogP contribution in [0.3, 0.4) is 0 Å². The number of benzene rings is 1. The van der Waals surface area contributed by atoms with Gasteiger partial charge in [-0.25, -0.2) is 0 Å². The van der Waals surface area contributed by atoms with Crippen molar-refractivity contribution in [3.63, 3.8) is 0 Å². The van der Waals surface area contributed by atoms with Crippen LogP contribution in [0.25, 0.3) is 0 Å². The van der Waals surface area contributed by atoms with Crippen molar-refractivity contribution in [2.45, 2.75) is 25.8 Å². The van der Waals surface area contributed by atoms with Gasteiger partial charge in [0.05, 0.1) is 20.1 Å². The fraction of sp³-hybridized carbons (Fsp3) is 0.533. The number of methoxy groups -OCH3 is 1. The Hall–Kier alpha value is -1.20. The third-order valence-corrected chi connectivity index (χ3v) is 3.84. The Bertz CT molecular complexity index is 395. The van der Waals surface area contributed by atoms with Gasteiger partial charge in [0, 0.05) is 17.5 Å². The van der Waals surface area contributed by atoms with Gasteiger partial charge in [-0.3, -0.25) is 4.79 Å². The molecule has 0 aliphatic rings. The van der Waals surface area contributed by atoms with Gasteiger partial charge in [-0.2, -0.15) is 11.8 Å². The topological polar surface area (TPSA) is 61.5 Å². The summed E-state index contributed by atoms with van der Waals surface area (Å²) in [5.74, 6) is 2.22. The SMILES string of the molecule is CCCOc1ccc(C(N)CSCCC(=O)OC)cc1. The van der Waals surface area contributed by atoms with E-state index in [1.54, 1.807) is 11.8 Å². The van der Waals surface area contributed by atoms with Crippen LogP contribution in [0.4, 0.5) is 0 Å². The third-order valence-electron chi connectivity index (χ3n) is 2.76. The molecule has 1 aromatic carbocycles. The predicted octanol–water partition coefficient (Wildman–Crippen LogP) is 2.77. The zero-order valence-corrected chi connectivity index (χ0v) is 12.9. The molecule has 0 saturated carbocycles. The number of carbonyl (C=O) groups is 1. The summed E-state index contributed by atoms with van der Waals surface area (Å²) < 4.78 is 10.1. The zero-order valence-electron chi connectivity index (χ0n) is 12.1. The molecule has 0 spiro atoms. The lowest BCUT2D eigenvalue weighted by Gasteiger charge is -2.12.